The molecule has 0 bridgehead atoms. The molecule has 2 heterocycles. The van der Waals surface area contributed by atoms with Crippen LogP contribution in [0.25, 0.3) is 0 Å². The van der Waals surface area contributed by atoms with Crippen LogP contribution in [0.5, 0.6) is 10.8 Å². The van der Waals surface area contributed by atoms with E-state index < -0.39 is 22.4 Å². The van der Waals surface area contributed by atoms with E-state index in [2.05, 4.69) is 23.2 Å². The predicted octanol–water partition coefficient (Wildman–Crippen LogP) is 8.17. The Kier molecular flexibility index (Phi) is 13.8. The third-order valence-electron chi connectivity index (χ3n) is 4.48. The number of thiophene rings is 1. The van der Waals surface area contributed by atoms with E-state index in [0.717, 1.165) is 41.5 Å². The number of likely N-dealkylation sites (tertiary alicyclic amines) is 1. The Labute approximate surface area is 221 Å². The van der Waals surface area contributed by atoms with Crippen LogP contribution in [0.2, 0.25) is 0 Å². The predicted molar refractivity (Wildman–Crippen MR) is 141 cm³/mol. The molecule has 0 amide bonds. The molecule has 0 atom stereocenters. The van der Waals surface area contributed by atoms with Crippen molar-refractivity contribution in [1.29, 1.82) is 0 Å². The van der Waals surface area contributed by atoms with E-state index in [1.807, 2.05) is 13.8 Å². The molecule has 1 aromatic carbocycles. The molecule has 3 rings (SSSR count). The first-order valence-electron chi connectivity index (χ1n) is 11.1. The highest BCUT2D eigenvalue weighted by Crippen LogP contribution is 2.43. The van der Waals surface area contributed by atoms with Gasteiger partial charge in [0.05, 0.1) is 21.0 Å². The second kappa shape index (κ2) is 15.9. The van der Waals surface area contributed by atoms with Gasteiger partial charge in [-0.15, -0.1) is 0 Å². The standard InChI is InChI=1S/C17H12F4N2O4S2.C5H11N.C2H6/c1-2-3-11(6-7-18)27-16-13(23(25)26)9-15(28-16)29-22-10-4-5-12(14(24)8-10)17(19,20)21;1-6-4-2-3-5-6;1-2/h2-9,22,24H,1H2;2-5H2,1H3;1-2H3/b7-6+,11-3+;;. The topological polar surface area (TPSA) is 87.9 Å². The van der Waals surface area contributed by atoms with Crippen LogP contribution in [0, 0.1) is 10.1 Å². The molecule has 0 radical (unpaired) electrons. The normalized spacial score (nSPS) is 13.9. The van der Waals surface area contributed by atoms with Crippen molar-refractivity contribution >= 4 is 34.7 Å². The van der Waals surface area contributed by atoms with E-state index in [-0.39, 0.29) is 28.5 Å². The van der Waals surface area contributed by atoms with Gasteiger partial charge in [0.2, 0.25) is 0 Å². The van der Waals surface area contributed by atoms with Gasteiger partial charge in [-0.25, -0.2) is 4.39 Å². The minimum absolute atomic E-state index is 0.0235. The summed E-state index contributed by atoms with van der Waals surface area (Å²) in [6.45, 7) is 10.1. The molecular weight excluding hydrogens is 534 g/mol. The van der Waals surface area contributed by atoms with E-state index in [1.165, 1.54) is 44.1 Å². The summed E-state index contributed by atoms with van der Waals surface area (Å²) in [6.07, 6.45) is 1.89. The number of nitrogens with zero attached hydrogens (tertiary/aromatic N) is 2. The van der Waals surface area contributed by atoms with E-state index in [4.69, 9.17) is 4.74 Å². The summed E-state index contributed by atoms with van der Waals surface area (Å²) in [5, 5.41) is 20.6. The number of rotatable bonds is 8. The average molecular weight is 564 g/mol. The fraction of sp³-hybridized carbons (Fsp3) is 0.333. The number of ether oxygens (including phenoxy) is 1. The second-order valence-electron chi connectivity index (χ2n) is 7.14. The minimum Gasteiger partial charge on any atom is -0.507 e. The maximum absolute atomic E-state index is 12.7. The van der Waals surface area contributed by atoms with Gasteiger partial charge in [0.1, 0.15) is 11.5 Å². The summed E-state index contributed by atoms with van der Waals surface area (Å²) in [6, 6.07) is 3.88. The summed E-state index contributed by atoms with van der Waals surface area (Å²) >= 11 is 1.72. The van der Waals surface area contributed by atoms with Gasteiger partial charge in [-0.2, -0.15) is 13.2 Å². The summed E-state index contributed by atoms with van der Waals surface area (Å²) < 4.78 is 58.8. The maximum Gasteiger partial charge on any atom is 0.419 e. The van der Waals surface area contributed by atoms with E-state index in [1.54, 1.807) is 0 Å². The Morgan fingerprint density at radius 2 is 1.95 bits per heavy atom. The number of benzene rings is 1. The number of aromatic hydroxyl groups is 1. The highest BCUT2D eigenvalue weighted by Gasteiger charge is 2.33. The molecule has 7 nitrogen and oxygen atoms in total. The summed E-state index contributed by atoms with van der Waals surface area (Å²) in [5.41, 5.74) is -1.42. The molecule has 37 heavy (non-hydrogen) atoms. The molecule has 2 N–H and O–H groups in total. The smallest absolute Gasteiger partial charge is 0.419 e. The largest absolute Gasteiger partial charge is 0.507 e. The highest BCUT2D eigenvalue weighted by molar-refractivity contribution is 8.02. The van der Waals surface area contributed by atoms with Gasteiger partial charge in [0.25, 0.3) is 5.06 Å². The fourth-order valence-corrected chi connectivity index (χ4v) is 4.59. The summed E-state index contributed by atoms with van der Waals surface area (Å²) in [4.78, 5) is 12.9. The zero-order valence-electron chi connectivity index (χ0n) is 20.5. The first kappa shape index (κ1) is 32.0. The number of hydrogen-bond acceptors (Lipinski definition) is 8. The second-order valence-corrected chi connectivity index (χ2v) is 9.26. The molecule has 0 unspecified atom stereocenters. The van der Waals surface area contributed by atoms with Crippen LogP contribution >= 0.6 is 23.3 Å². The van der Waals surface area contributed by atoms with Gasteiger partial charge in [-0.05, 0) is 63.1 Å². The van der Waals surface area contributed by atoms with Crippen LogP contribution in [0.15, 0.2) is 65.4 Å². The Morgan fingerprint density at radius 3 is 2.41 bits per heavy atom. The Balaban J connectivity index is 0.000000735. The number of hydrogen-bond donors (Lipinski definition) is 2. The molecule has 0 spiro atoms. The Morgan fingerprint density at radius 1 is 1.30 bits per heavy atom. The summed E-state index contributed by atoms with van der Waals surface area (Å²) in [5.74, 6) is -0.980. The number of alkyl halides is 3. The molecule has 204 valence electrons. The molecule has 1 fully saturated rings. The minimum atomic E-state index is -4.69. The quantitative estimate of drug-likeness (QED) is 0.0836. The van der Waals surface area contributed by atoms with Crippen molar-refractivity contribution in [2.75, 3.05) is 24.9 Å². The van der Waals surface area contributed by atoms with E-state index in [0.29, 0.717) is 10.3 Å². The van der Waals surface area contributed by atoms with Crippen LogP contribution in [0.4, 0.5) is 28.9 Å². The molecular formula is C24H29F4N3O4S2. The highest BCUT2D eigenvalue weighted by atomic mass is 32.2. The number of allylic oxidation sites excluding steroid dienone is 3. The fourth-order valence-electron chi connectivity index (χ4n) is 2.82. The first-order chi connectivity index (χ1) is 17.5. The monoisotopic (exact) mass is 563 g/mol. The van der Waals surface area contributed by atoms with Gasteiger partial charge < -0.3 is 19.5 Å². The zero-order valence-corrected chi connectivity index (χ0v) is 22.2. The molecule has 0 aliphatic carbocycles. The lowest BCUT2D eigenvalue weighted by Gasteiger charge is -2.10. The lowest BCUT2D eigenvalue weighted by Crippen LogP contribution is -2.10. The molecule has 2 aromatic rings. The molecule has 1 aliphatic heterocycles. The Bertz CT molecular complexity index is 1080. The number of phenols is 1. The number of nitrogens with one attached hydrogen (secondary N) is 1. The zero-order chi connectivity index (χ0) is 28.0. The lowest BCUT2D eigenvalue weighted by molar-refractivity contribution is -0.385. The third-order valence-corrected chi connectivity index (χ3v) is 6.43. The van der Waals surface area contributed by atoms with Crippen molar-refractivity contribution in [2.24, 2.45) is 0 Å². The van der Waals surface area contributed by atoms with Gasteiger partial charge >= 0.3 is 11.9 Å². The van der Waals surface area contributed by atoms with E-state index in [9.17, 15) is 32.8 Å². The molecule has 1 saturated heterocycles. The van der Waals surface area contributed by atoms with Crippen molar-refractivity contribution in [3.05, 3.63) is 76.8 Å². The van der Waals surface area contributed by atoms with Crippen molar-refractivity contribution in [3.8, 4) is 10.8 Å². The van der Waals surface area contributed by atoms with Gasteiger partial charge in [0, 0.05) is 23.9 Å². The molecule has 1 aromatic heterocycles. The van der Waals surface area contributed by atoms with Crippen LogP contribution in [0.3, 0.4) is 0 Å². The SMILES string of the molecule is C=C/C=C(\C=C\F)Oc1sc(SNc2ccc(C(F)(F)F)c(O)c2)cc1[N+](=O)[O-].CC.CN1CCCC1. The van der Waals surface area contributed by atoms with Crippen molar-refractivity contribution < 1.29 is 32.3 Å². The average Bonchev–Trinajstić information content (AvgIpc) is 3.48. The molecule has 13 heteroatoms. The first-order valence-corrected chi connectivity index (χ1v) is 12.8. The van der Waals surface area contributed by atoms with Crippen molar-refractivity contribution in [2.45, 2.75) is 37.1 Å². The number of halogens is 4. The van der Waals surface area contributed by atoms with Crippen molar-refractivity contribution in [1.82, 2.24) is 4.90 Å². The molecule has 0 saturated carbocycles. The van der Waals surface area contributed by atoms with E-state index >= 15 is 0 Å². The summed E-state index contributed by atoms with van der Waals surface area (Å²) in [7, 11) is 2.17. The third kappa shape index (κ3) is 10.9. The number of phenolic OH excluding ortho intramolecular Hbond substituents is 1. The lowest BCUT2D eigenvalue weighted by atomic mass is 10.2. The number of anilines is 1. The maximum atomic E-state index is 12.7. The van der Waals surface area contributed by atoms with Crippen LogP contribution in [-0.4, -0.2) is 35.1 Å². The Hall–Kier alpha value is -3.03. The van der Waals surface area contributed by atoms with Gasteiger partial charge in [-0.3, -0.25) is 10.1 Å². The molecule has 1 aliphatic rings. The van der Waals surface area contributed by atoms with Gasteiger partial charge in [0.15, 0.2) is 0 Å². The van der Waals surface area contributed by atoms with Crippen LogP contribution in [0.1, 0.15) is 32.3 Å². The van der Waals surface area contributed by atoms with Crippen LogP contribution < -0.4 is 9.46 Å². The van der Waals surface area contributed by atoms with Gasteiger partial charge in [-0.1, -0.05) is 37.8 Å². The van der Waals surface area contributed by atoms with Crippen molar-refractivity contribution in [3.63, 3.8) is 0 Å². The number of nitro groups is 1. The van der Waals surface area contributed by atoms with Crippen LogP contribution in [-0.2, 0) is 6.18 Å².